The van der Waals surface area contributed by atoms with Crippen LogP contribution in [-0.4, -0.2) is 18.3 Å². The van der Waals surface area contributed by atoms with Gasteiger partial charge in [-0.15, -0.1) is 0 Å². The highest BCUT2D eigenvalue weighted by Crippen LogP contribution is 2.47. The second-order valence-electron chi connectivity index (χ2n) is 24.0. The van der Waals surface area contributed by atoms with Crippen molar-refractivity contribution in [3.8, 4) is 83.8 Å². The van der Waals surface area contributed by atoms with Crippen LogP contribution in [0.4, 0.5) is 0 Å². The molecule has 0 amide bonds. The summed E-state index contributed by atoms with van der Waals surface area (Å²) in [5.41, 5.74) is 18.7. The van der Waals surface area contributed by atoms with Gasteiger partial charge in [-0.05, 0) is 222 Å². The van der Waals surface area contributed by atoms with E-state index in [2.05, 4.69) is 231 Å². The van der Waals surface area contributed by atoms with Crippen molar-refractivity contribution in [1.29, 1.82) is 0 Å². The normalized spacial score (nSPS) is 11.9. The van der Waals surface area contributed by atoms with Crippen molar-refractivity contribution in [2.24, 2.45) is 7.05 Å². The van der Waals surface area contributed by atoms with E-state index in [1.165, 1.54) is 48.7 Å². The van der Waals surface area contributed by atoms with E-state index in [9.17, 15) is 4.79 Å². The van der Waals surface area contributed by atoms with Crippen molar-refractivity contribution in [2.45, 2.75) is 0 Å². The summed E-state index contributed by atoms with van der Waals surface area (Å²) in [7, 11) is 1.83. The van der Waals surface area contributed by atoms with Crippen LogP contribution in [0.5, 0.6) is 0 Å². The molecule has 91 heavy (non-hydrogen) atoms. The number of benzene rings is 16. The number of hydrogen-bond acceptors (Lipinski definition) is 2. The molecule has 2 heterocycles. The number of hydrogen-bond donors (Lipinski definition) is 0. The topological polar surface area (TPSA) is 53.9 Å². The lowest BCUT2D eigenvalue weighted by atomic mass is 9.84. The van der Waals surface area contributed by atoms with Crippen molar-refractivity contribution < 1.29 is 0 Å². The number of para-hydroxylation sites is 4. The van der Waals surface area contributed by atoms with Crippen LogP contribution >= 0.6 is 0 Å². The average Bonchev–Trinajstić information content (AvgIpc) is 2.07. The van der Waals surface area contributed by atoms with Gasteiger partial charge in [0, 0.05) is 7.05 Å². The largest absolute Gasteiger partial charge is 0.338 e. The summed E-state index contributed by atoms with van der Waals surface area (Å²) >= 11 is 0. The molecule has 6 heteroatoms. The molecule has 0 aliphatic rings. The van der Waals surface area contributed by atoms with E-state index in [1.54, 1.807) is 9.13 Å². The number of imidazole rings is 2. The summed E-state index contributed by atoms with van der Waals surface area (Å²) in [6.07, 6.45) is 0. The molecule has 0 spiro atoms. The lowest BCUT2D eigenvalue weighted by Crippen LogP contribution is -2.22. The monoisotopic (exact) mass is 1160 g/mol. The summed E-state index contributed by atoms with van der Waals surface area (Å²) < 4.78 is 7.18. The molecule has 16 aromatic carbocycles. The highest BCUT2D eigenvalue weighted by molar-refractivity contribution is 6.26. The van der Waals surface area contributed by atoms with Gasteiger partial charge in [-0.2, -0.15) is 0 Å². The van der Waals surface area contributed by atoms with Gasteiger partial charge >= 0.3 is 11.4 Å². The van der Waals surface area contributed by atoms with E-state index in [0.717, 1.165) is 122 Å². The molecule has 6 nitrogen and oxygen atoms in total. The lowest BCUT2D eigenvalue weighted by molar-refractivity contribution is 0.846. The van der Waals surface area contributed by atoms with Crippen LogP contribution in [0.1, 0.15) is 0 Å². The average molecular weight is 1160 g/mol. The van der Waals surface area contributed by atoms with Crippen LogP contribution in [0, 0.1) is 0 Å². The first kappa shape index (κ1) is 52.0. The van der Waals surface area contributed by atoms with Gasteiger partial charge < -0.3 is 0 Å². The van der Waals surface area contributed by atoms with Gasteiger partial charge in [0.05, 0.1) is 39.1 Å². The summed E-state index contributed by atoms with van der Waals surface area (Å²) in [5, 5.41) is 14.3. The van der Waals surface area contributed by atoms with Crippen molar-refractivity contribution in [1.82, 2.24) is 18.3 Å². The van der Waals surface area contributed by atoms with Crippen LogP contribution in [0.2, 0.25) is 0 Å². The van der Waals surface area contributed by atoms with Crippen LogP contribution in [0.25, 0.3) is 171 Å². The maximum Gasteiger partial charge on any atom is 0.338 e. The molecule has 18 rings (SSSR count). The smallest absolute Gasteiger partial charge is 0.295 e. The number of rotatable bonds is 9. The molecule has 0 atom stereocenters. The zero-order chi connectivity index (χ0) is 60.4. The first-order chi connectivity index (χ1) is 44.9. The van der Waals surface area contributed by atoms with Crippen LogP contribution in [0.15, 0.2) is 319 Å². The third-order valence-corrected chi connectivity index (χ3v) is 19.0. The molecule has 0 N–H and O–H groups in total. The third-order valence-electron chi connectivity index (χ3n) is 19.0. The molecule has 0 unspecified atom stereocenters. The Kier molecular flexibility index (Phi) is 11.7. The molecule has 2 aromatic heterocycles. The molecule has 0 fully saturated rings. The third kappa shape index (κ3) is 8.27. The number of fused-ring (bicyclic) bond motifs is 5. The first-order valence-electron chi connectivity index (χ1n) is 30.9. The zero-order valence-electron chi connectivity index (χ0n) is 49.6. The molecule has 0 saturated carbocycles. The molecular weight excluding hydrogens is 1110 g/mol. The summed E-state index contributed by atoms with van der Waals surface area (Å²) in [4.78, 5) is 28.9. The predicted octanol–water partition coefficient (Wildman–Crippen LogP) is 20.8. The second kappa shape index (κ2) is 20.5. The van der Waals surface area contributed by atoms with Crippen molar-refractivity contribution in [3.05, 3.63) is 330 Å². The molecule has 426 valence electrons. The van der Waals surface area contributed by atoms with E-state index in [1.807, 2.05) is 95.0 Å². The fraction of sp³-hybridized carbons (Fsp3) is 0.0118. The Morgan fingerprint density at radius 2 is 0.681 bits per heavy atom. The summed E-state index contributed by atoms with van der Waals surface area (Å²) in [5.74, 6) is 0. The summed E-state index contributed by atoms with van der Waals surface area (Å²) in [6, 6.07) is 110. The minimum absolute atomic E-state index is 0.0870. The predicted molar refractivity (Wildman–Crippen MR) is 380 cm³/mol. The Hall–Kier alpha value is -12.1. The molecule has 18 aromatic rings. The van der Waals surface area contributed by atoms with E-state index < -0.39 is 0 Å². The zero-order valence-corrected chi connectivity index (χ0v) is 49.6. The molecular formula is C85H54N4O2. The van der Waals surface area contributed by atoms with E-state index in [-0.39, 0.29) is 11.4 Å². The fourth-order valence-electron chi connectivity index (χ4n) is 14.7. The van der Waals surface area contributed by atoms with Crippen LogP contribution in [0.3, 0.4) is 0 Å². The quantitative estimate of drug-likeness (QED) is 0.107. The van der Waals surface area contributed by atoms with Crippen molar-refractivity contribution >= 4 is 86.7 Å². The maximum absolute atomic E-state index is 15.1. The van der Waals surface area contributed by atoms with Gasteiger partial charge in [0.25, 0.3) is 0 Å². The van der Waals surface area contributed by atoms with Gasteiger partial charge in [-0.1, -0.05) is 218 Å². The molecule has 0 aliphatic heterocycles. The Balaban J connectivity index is 0.844. The summed E-state index contributed by atoms with van der Waals surface area (Å²) in [6.45, 7) is 0. The Labute approximate surface area is 523 Å². The van der Waals surface area contributed by atoms with Gasteiger partial charge in [-0.25, -0.2) is 9.59 Å². The van der Waals surface area contributed by atoms with Gasteiger partial charge in [0.2, 0.25) is 0 Å². The standard InChI is InChI=1S/C85H54N4O2/c1-86-76-25-9-10-26-77(76)87(84(86)90)67-40-33-55(34-41-67)64-48-65(50-66(49-64)70-44-37-59-31-30-56-19-13-20-57-38-45-73(70)83(59)80(56)57)62-39-46-74-75(52-62)81(71-23-7-8-24-72(71)82(74)63-32-29-54-17-5-6-18-60(54)47-63)58-35-42-68(43-36-58)88-78-27-11-12-28-79(78)89(85(88)91)69-22-14-21-61(51-69)53-15-3-2-4-16-53/h2-52H,1H3. The number of nitrogens with zero attached hydrogens (tertiary/aromatic N) is 4. The SMILES string of the molecule is Cn1c(=O)n(-c2ccc(-c3cc(-c4ccc5c(-c6ccc7ccccc7c6)c6ccccc6c(-c6ccc(-n7c(=O)n(-c8cccc(-c9ccccc9)c8)c8ccccc87)cc6)c5c4)cc(-c4ccc5ccc6cccc7ccc4c5c67)c3)cc2)c2ccccc21. The fourth-order valence-corrected chi connectivity index (χ4v) is 14.7. The molecule has 0 bridgehead atoms. The highest BCUT2D eigenvalue weighted by Gasteiger charge is 2.22. The highest BCUT2D eigenvalue weighted by atomic mass is 16.2. The van der Waals surface area contributed by atoms with E-state index >= 15 is 4.79 Å². The van der Waals surface area contributed by atoms with E-state index in [4.69, 9.17) is 0 Å². The van der Waals surface area contributed by atoms with Gasteiger partial charge in [0.15, 0.2) is 0 Å². The molecule has 0 aliphatic carbocycles. The molecule has 0 saturated heterocycles. The first-order valence-corrected chi connectivity index (χ1v) is 30.9. The van der Waals surface area contributed by atoms with Crippen LogP contribution in [-0.2, 0) is 7.05 Å². The number of aromatic nitrogens is 4. The Bertz CT molecular complexity index is 6110. The second-order valence-corrected chi connectivity index (χ2v) is 24.0. The van der Waals surface area contributed by atoms with Gasteiger partial charge in [0.1, 0.15) is 0 Å². The minimum atomic E-state index is -0.139. The Morgan fingerprint density at radius 3 is 1.41 bits per heavy atom. The van der Waals surface area contributed by atoms with E-state index in [0.29, 0.717) is 0 Å². The van der Waals surface area contributed by atoms with Crippen LogP contribution < -0.4 is 11.4 Å². The lowest BCUT2D eigenvalue weighted by Gasteiger charge is -2.20. The van der Waals surface area contributed by atoms with Gasteiger partial charge in [-0.3, -0.25) is 18.3 Å². The molecule has 0 radical (unpaired) electrons. The minimum Gasteiger partial charge on any atom is -0.295 e. The van der Waals surface area contributed by atoms with Crippen molar-refractivity contribution in [2.75, 3.05) is 0 Å². The van der Waals surface area contributed by atoms with Crippen molar-refractivity contribution in [3.63, 3.8) is 0 Å². The number of aryl methyl sites for hydroxylation is 1. The Morgan fingerprint density at radius 1 is 0.231 bits per heavy atom. The maximum atomic E-state index is 15.1.